The van der Waals surface area contributed by atoms with Crippen molar-refractivity contribution in [2.45, 2.75) is 25.6 Å². The van der Waals surface area contributed by atoms with Crippen molar-refractivity contribution >= 4 is 11.7 Å². The number of amides is 2. The van der Waals surface area contributed by atoms with E-state index in [0.717, 1.165) is 63.6 Å². The second kappa shape index (κ2) is 10.7. The molecular formula is C24H32N4O3. The summed E-state index contributed by atoms with van der Waals surface area (Å²) in [6.45, 7) is 6.59. The fourth-order valence-electron chi connectivity index (χ4n) is 4.23. The molecule has 166 valence electrons. The van der Waals surface area contributed by atoms with Gasteiger partial charge in [0.2, 0.25) is 0 Å². The Morgan fingerprint density at radius 1 is 1.00 bits per heavy atom. The van der Waals surface area contributed by atoms with Gasteiger partial charge in [0.1, 0.15) is 0 Å². The maximum atomic E-state index is 12.4. The van der Waals surface area contributed by atoms with Gasteiger partial charge >= 0.3 is 6.03 Å². The minimum Gasteiger partial charge on any atom is -0.390 e. The van der Waals surface area contributed by atoms with Crippen LogP contribution in [0.15, 0.2) is 48.5 Å². The zero-order valence-corrected chi connectivity index (χ0v) is 17.9. The molecule has 2 aliphatic heterocycles. The number of carbonyl (C=O) groups is 1. The van der Waals surface area contributed by atoms with Crippen molar-refractivity contribution in [2.24, 2.45) is 0 Å². The van der Waals surface area contributed by atoms with Crippen molar-refractivity contribution in [1.29, 1.82) is 0 Å². The average molecular weight is 425 g/mol. The molecule has 1 fully saturated rings. The summed E-state index contributed by atoms with van der Waals surface area (Å²) in [4.78, 5) is 17.0. The lowest BCUT2D eigenvalue weighted by atomic mass is 10.00. The van der Waals surface area contributed by atoms with E-state index in [1.807, 2.05) is 24.3 Å². The van der Waals surface area contributed by atoms with Gasteiger partial charge in [0, 0.05) is 51.5 Å². The van der Waals surface area contributed by atoms with Crippen LogP contribution in [-0.4, -0.2) is 73.0 Å². The van der Waals surface area contributed by atoms with Gasteiger partial charge in [-0.2, -0.15) is 0 Å². The van der Waals surface area contributed by atoms with Crippen LogP contribution >= 0.6 is 0 Å². The summed E-state index contributed by atoms with van der Waals surface area (Å²) < 4.78 is 5.41. The lowest BCUT2D eigenvalue weighted by Gasteiger charge is -2.30. The SMILES string of the molecule is O=C(NCC(O)CN1CCc2ccccc2C1)Nc1ccccc1CN1CCOCC1. The minimum absolute atomic E-state index is 0.218. The van der Waals surface area contributed by atoms with E-state index in [0.29, 0.717) is 6.54 Å². The normalized spacial score (nSPS) is 18.2. The van der Waals surface area contributed by atoms with Gasteiger partial charge in [0.15, 0.2) is 0 Å². The number of benzene rings is 2. The highest BCUT2D eigenvalue weighted by Crippen LogP contribution is 2.19. The topological polar surface area (TPSA) is 77.1 Å². The first-order chi connectivity index (χ1) is 15.2. The molecule has 31 heavy (non-hydrogen) atoms. The molecule has 2 heterocycles. The molecule has 4 rings (SSSR count). The molecule has 0 saturated carbocycles. The number of anilines is 1. The van der Waals surface area contributed by atoms with E-state index >= 15 is 0 Å². The van der Waals surface area contributed by atoms with E-state index in [1.165, 1.54) is 11.1 Å². The number of nitrogens with zero attached hydrogens (tertiary/aromatic N) is 2. The molecule has 1 atom stereocenters. The number of nitrogens with one attached hydrogen (secondary N) is 2. The number of carbonyl (C=O) groups excluding carboxylic acids is 1. The molecule has 7 heteroatoms. The largest absolute Gasteiger partial charge is 0.390 e. The number of ether oxygens (including phenoxy) is 1. The zero-order valence-electron chi connectivity index (χ0n) is 17.9. The van der Waals surface area contributed by atoms with Gasteiger partial charge in [-0.05, 0) is 29.2 Å². The molecule has 1 unspecified atom stereocenters. The number of hydrogen-bond acceptors (Lipinski definition) is 5. The molecule has 2 amide bonds. The fraction of sp³-hybridized carbons (Fsp3) is 0.458. The fourth-order valence-corrected chi connectivity index (χ4v) is 4.23. The third-order valence-corrected chi connectivity index (χ3v) is 5.94. The van der Waals surface area contributed by atoms with E-state index in [-0.39, 0.29) is 12.6 Å². The molecule has 2 aliphatic rings. The summed E-state index contributed by atoms with van der Waals surface area (Å²) in [5.41, 5.74) is 4.59. The summed E-state index contributed by atoms with van der Waals surface area (Å²) in [6, 6.07) is 16.0. The van der Waals surface area contributed by atoms with E-state index < -0.39 is 6.10 Å². The van der Waals surface area contributed by atoms with Crippen molar-refractivity contribution in [3.8, 4) is 0 Å². The van der Waals surface area contributed by atoms with E-state index in [9.17, 15) is 9.90 Å². The first kappa shape index (κ1) is 21.8. The number of β-amino-alcohol motifs (C(OH)–C–C–N with tert-alkyl or cyclic N) is 1. The van der Waals surface area contributed by atoms with Crippen LogP contribution in [0.25, 0.3) is 0 Å². The standard InChI is InChI=1S/C24H32N4O3/c29-22(18-28-10-9-19-5-1-2-6-20(19)16-28)15-25-24(30)26-23-8-4-3-7-21(23)17-27-11-13-31-14-12-27/h1-8,22,29H,9-18H2,(H2,25,26,30). The Bertz CT molecular complexity index is 869. The Balaban J connectivity index is 1.23. The monoisotopic (exact) mass is 424 g/mol. The van der Waals surface area contributed by atoms with Gasteiger partial charge in [0.25, 0.3) is 0 Å². The van der Waals surface area contributed by atoms with Gasteiger partial charge in [-0.1, -0.05) is 42.5 Å². The number of fused-ring (bicyclic) bond motifs is 1. The van der Waals surface area contributed by atoms with E-state index in [2.05, 4.69) is 44.7 Å². The number of aliphatic hydroxyl groups excluding tert-OH is 1. The Labute approximate surface area is 184 Å². The molecule has 7 nitrogen and oxygen atoms in total. The number of para-hydroxylation sites is 1. The third kappa shape index (κ3) is 6.27. The second-order valence-electron chi connectivity index (χ2n) is 8.29. The van der Waals surface area contributed by atoms with Crippen LogP contribution < -0.4 is 10.6 Å². The molecule has 2 aromatic carbocycles. The number of hydrogen-bond donors (Lipinski definition) is 3. The molecule has 0 radical (unpaired) electrons. The smallest absolute Gasteiger partial charge is 0.319 e. The summed E-state index contributed by atoms with van der Waals surface area (Å²) >= 11 is 0. The van der Waals surface area contributed by atoms with Crippen LogP contribution in [0.5, 0.6) is 0 Å². The van der Waals surface area contributed by atoms with E-state index in [1.54, 1.807) is 0 Å². The van der Waals surface area contributed by atoms with Crippen LogP contribution in [0.2, 0.25) is 0 Å². The Kier molecular flexibility index (Phi) is 7.53. The first-order valence-corrected chi connectivity index (χ1v) is 11.1. The summed E-state index contributed by atoms with van der Waals surface area (Å²) in [5, 5.41) is 16.2. The quantitative estimate of drug-likeness (QED) is 0.634. The zero-order chi connectivity index (χ0) is 21.5. The molecule has 0 aromatic heterocycles. The van der Waals surface area contributed by atoms with E-state index in [4.69, 9.17) is 4.74 Å². The summed E-state index contributed by atoms with van der Waals surface area (Å²) in [7, 11) is 0. The predicted octanol–water partition coefficient (Wildman–Crippen LogP) is 2.06. The van der Waals surface area contributed by atoms with Gasteiger partial charge in [-0.15, -0.1) is 0 Å². The van der Waals surface area contributed by atoms with Crippen LogP contribution in [0.3, 0.4) is 0 Å². The number of urea groups is 1. The highest BCUT2D eigenvalue weighted by molar-refractivity contribution is 5.90. The van der Waals surface area contributed by atoms with Crippen molar-refractivity contribution in [3.63, 3.8) is 0 Å². The molecule has 3 N–H and O–H groups in total. The Hall–Kier alpha value is -2.45. The predicted molar refractivity (Wildman–Crippen MR) is 121 cm³/mol. The van der Waals surface area contributed by atoms with Crippen LogP contribution in [0, 0.1) is 0 Å². The van der Waals surface area contributed by atoms with Crippen LogP contribution in [0.4, 0.5) is 10.5 Å². The molecule has 0 spiro atoms. The molecule has 0 bridgehead atoms. The van der Waals surface area contributed by atoms with Gasteiger partial charge in [0.05, 0.1) is 19.3 Å². The minimum atomic E-state index is -0.611. The molecular weight excluding hydrogens is 392 g/mol. The second-order valence-corrected chi connectivity index (χ2v) is 8.29. The Morgan fingerprint density at radius 3 is 2.58 bits per heavy atom. The maximum Gasteiger partial charge on any atom is 0.319 e. The molecule has 1 saturated heterocycles. The molecule has 2 aromatic rings. The van der Waals surface area contributed by atoms with Gasteiger partial charge < -0.3 is 20.5 Å². The average Bonchev–Trinajstić information content (AvgIpc) is 2.80. The van der Waals surface area contributed by atoms with Crippen LogP contribution in [-0.2, 0) is 24.2 Å². The summed E-state index contributed by atoms with van der Waals surface area (Å²) in [5.74, 6) is 0. The highest BCUT2D eigenvalue weighted by Gasteiger charge is 2.19. The number of aliphatic hydroxyl groups is 1. The Morgan fingerprint density at radius 2 is 1.74 bits per heavy atom. The van der Waals surface area contributed by atoms with Crippen LogP contribution in [0.1, 0.15) is 16.7 Å². The van der Waals surface area contributed by atoms with Crippen molar-refractivity contribution in [2.75, 3.05) is 51.3 Å². The van der Waals surface area contributed by atoms with Crippen molar-refractivity contribution in [1.82, 2.24) is 15.1 Å². The third-order valence-electron chi connectivity index (χ3n) is 5.94. The van der Waals surface area contributed by atoms with Gasteiger partial charge in [-0.3, -0.25) is 9.80 Å². The number of rotatable bonds is 7. The summed E-state index contributed by atoms with van der Waals surface area (Å²) in [6.07, 6.45) is 0.385. The van der Waals surface area contributed by atoms with Crippen molar-refractivity contribution in [3.05, 3.63) is 65.2 Å². The van der Waals surface area contributed by atoms with Gasteiger partial charge in [-0.25, -0.2) is 4.79 Å². The first-order valence-electron chi connectivity index (χ1n) is 11.1. The lowest BCUT2D eigenvalue weighted by Crippen LogP contribution is -2.43. The number of morpholine rings is 1. The molecule has 0 aliphatic carbocycles. The maximum absolute atomic E-state index is 12.4. The highest BCUT2D eigenvalue weighted by atomic mass is 16.5. The van der Waals surface area contributed by atoms with Crippen molar-refractivity contribution < 1.29 is 14.6 Å². The lowest BCUT2D eigenvalue weighted by molar-refractivity contribution is 0.0343.